The van der Waals surface area contributed by atoms with Gasteiger partial charge in [-0.3, -0.25) is 4.90 Å². The van der Waals surface area contributed by atoms with E-state index in [2.05, 4.69) is 15.0 Å². The third-order valence-electron chi connectivity index (χ3n) is 4.67. The molecule has 0 spiro atoms. The largest absolute Gasteiger partial charge is 0.466 e. The molecular formula is C19H15FN4O5. The SMILES string of the molecule is COC(=O)NC[C@@H]1OC(=O)N2Cc3cc(-c4ccc(C#N)nc4)c(F)cc3O[C@@H]12. The lowest BCUT2D eigenvalue weighted by Gasteiger charge is -2.31. The number of methoxy groups -OCH3 is 1. The number of benzene rings is 1. The molecule has 1 fully saturated rings. The van der Waals surface area contributed by atoms with Crippen molar-refractivity contribution in [2.45, 2.75) is 18.9 Å². The van der Waals surface area contributed by atoms with Gasteiger partial charge in [0, 0.05) is 29.0 Å². The summed E-state index contributed by atoms with van der Waals surface area (Å²) in [7, 11) is 1.22. The highest BCUT2D eigenvalue weighted by Crippen LogP contribution is 2.37. The Morgan fingerprint density at radius 1 is 1.45 bits per heavy atom. The molecule has 0 saturated carbocycles. The van der Waals surface area contributed by atoms with Crippen molar-refractivity contribution in [2.75, 3.05) is 13.7 Å². The molecule has 2 aromatic rings. The molecule has 0 bridgehead atoms. The number of halogens is 1. The van der Waals surface area contributed by atoms with E-state index in [1.807, 2.05) is 6.07 Å². The minimum atomic E-state index is -0.797. The molecule has 0 radical (unpaired) electrons. The fourth-order valence-electron chi connectivity index (χ4n) is 3.24. The van der Waals surface area contributed by atoms with Crippen LogP contribution in [0, 0.1) is 17.1 Å². The van der Waals surface area contributed by atoms with Crippen molar-refractivity contribution in [3.05, 3.63) is 47.5 Å². The molecule has 0 unspecified atom stereocenters. The van der Waals surface area contributed by atoms with Crippen molar-refractivity contribution < 1.29 is 28.2 Å². The summed E-state index contributed by atoms with van der Waals surface area (Å²) >= 11 is 0. The molecule has 1 aromatic heterocycles. The van der Waals surface area contributed by atoms with Crippen LogP contribution in [0.15, 0.2) is 30.5 Å². The van der Waals surface area contributed by atoms with Crippen molar-refractivity contribution in [2.24, 2.45) is 0 Å². The molecule has 2 amide bonds. The van der Waals surface area contributed by atoms with Crippen LogP contribution in [0.4, 0.5) is 14.0 Å². The van der Waals surface area contributed by atoms with Gasteiger partial charge in [0.2, 0.25) is 6.23 Å². The Labute approximate surface area is 164 Å². The van der Waals surface area contributed by atoms with Crippen molar-refractivity contribution in [3.63, 3.8) is 0 Å². The fraction of sp³-hybridized carbons (Fsp3) is 0.263. The predicted octanol–water partition coefficient (Wildman–Crippen LogP) is 2.15. The average Bonchev–Trinajstić information content (AvgIpc) is 3.04. The summed E-state index contributed by atoms with van der Waals surface area (Å²) in [6.07, 6.45) is -1.41. The van der Waals surface area contributed by atoms with Gasteiger partial charge in [-0.05, 0) is 18.2 Å². The first-order valence-corrected chi connectivity index (χ1v) is 8.65. The van der Waals surface area contributed by atoms with E-state index >= 15 is 0 Å². The quantitative estimate of drug-likeness (QED) is 0.843. The summed E-state index contributed by atoms with van der Waals surface area (Å²) in [4.78, 5) is 28.8. The molecule has 1 aromatic carbocycles. The summed E-state index contributed by atoms with van der Waals surface area (Å²) in [5, 5.41) is 11.3. The lowest BCUT2D eigenvalue weighted by Crippen LogP contribution is -2.47. The number of pyridine rings is 1. The first-order chi connectivity index (χ1) is 14.0. The van der Waals surface area contributed by atoms with Crippen LogP contribution in [0.3, 0.4) is 0 Å². The van der Waals surface area contributed by atoms with E-state index in [0.717, 1.165) is 0 Å². The standard InChI is InChI=1S/C19H15FN4O5/c1-27-18(25)23-8-16-17-24(19(26)29-16)9-11-4-13(14(20)5-15(11)28-17)10-2-3-12(6-21)22-7-10/h2-5,7,16-17H,8-9H2,1H3,(H,23,25)/t16-,17-/m0/s1. The molecule has 1 saturated heterocycles. The average molecular weight is 398 g/mol. The summed E-state index contributed by atoms with van der Waals surface area (Å²) in [6.45, 7) is 0.150. The van der Waals surface area contributed by atoms with E-state index in [9.17, 15) is 14.0 Å². The number of hydrogen-bond donors (Lipinski definition) is 1. The Balaban J connectivity index is 1.60. The normalized spacial score (nSPS) is 19.3. The number of ether oxygens (including phenoxy) is 3. The molecule has 9 nitrogen and oxygen atoms in total. The molecule has 0 aliphatic carbocycles. The second kappa shape index (κ2) is 7.27. The molecule has 2 aliphatic rings. The van der Waals surface area contributed by atoms with Crippen LogP contribution in [0.25, 0.3) is 11.1 Å². The second-order valence-electron chi connectivity index (χ2n) is 6.41. The molecule has 10 heteroatoms. The van der Waals surface area contributed by atoms with Gasteiger partial charge in [-0.25, -0.2) is 19.0 Å². The monoisotopic (exact) mass is 398 g/mol. The molecule has 2 atom stereocenters. The van der Waals surface area contributed by atoms with Gasteiger partial charge >= 0.3 is 12.2 Å². The Kier molecular flexibility index (Phi) is 4.64. The Hall–Kier alpha value is -3.87. The van der Waals surface area contributed by atoms with E-state index in [1.54, 1.807) is 12.1 Å². The molecule has 2 aliphatic heterocycles. The molecule has 29 heavy (non-hydrogen) atoms. The number of rotatable bonds is 3. The number of alkyl carbamates (subject to hydrolysis) is 1. The third kappa shape index (κ3) is 3.38. The minimum absolute atomic E-state index is 0.00755. The van der Waals surface area contributed by atoms with Crippen LogP contribution < -0.4 is 10.1 Å². The van der Waals surface area contributed by atoms with Crippen LogP contribution >= 0.6 is 0 Å². The van der Waals surface area contributed by atoms with Crippen LogP contribution in [0.2, 0.25) is 0 Å². The number of nitrogens with one attached hydrogen (secondary N) is 1. The molecule has 1 N–H and O–H groups in total. The topological polar surface area (TPSA) is 114 Å². The van der Waals surface area contributed by atoms with Crippen LogP contribution in [0.5, 0.6) is 5.75 Å². The lowest BCUT2D eigenvalue weighted by atomic mass is 10.0. The van der Waals surface area contributed by atoms with E-state index in [0.29, 0.717) is 11.1 Å². The van der Waals surface area contributed by atoms with Crippen molar-refractivity contribution in [3.8, 4) is 22.9 Å². The van der Waals surface area contributed by atoms with Gasteiger partial charge in [-0.15, -0.1) is 0 Å². The number of carbonyl (C=O) groups is 2. The van der Waals surface area contributed by atoms with Gasteiger partial charge in [0.15, 0.2) is 6.10 Å². The lowest BCUT2D eigenvalue weighted by molar-refractivity contribution is 0.0185. The Bertz CT molecular complexity index is 1020. The van der Waals surface area contributed by atoms with E-state index in [1.165, 1.54) is 30.3 Å². The zero-order valence-electron chi connectivity index (χ0n) is 15.2. The summed E-state index contributed by atoms with van der Waals surface area (Å²) in [6, 6.07) is 7.83. The number of carbonyl (C=O) groups excluding carboxylic acids is 2. The van der Waals surface area contributed by atoms with Gasteiger partial charge in [0.05, 0.1) is 20.2 Å². The van der Waals surface area contributed by atoms with Gasteiger partial charge in [0.1, 0.15) is 23.3 Å². The summed E-state index contributed by atoms with van der Waals surface area (Å²) in [5.74, 6) is -0.242. The highest BCUT2D eigenvalue weighted by Gasteiger charge is 2.46. The maximum Gasteiger partial charge on any atom is 0.413 e. The number of nitriles is 1. The van der Waals surface area contributed by atoms with Crippen LogP contribution in [-0.4, -0.2) is 48.1 Å². The van der Waals surface area contributed by atoms with Crippen molar-refractivity contribution >= 4 is 12.2 Å². The summed E-state index contributed by atoms with van der Waals surface area (Å²) < 4.78 is 30.3. The van der Waals surface area contributed by atoms with E-state index in [-0.39, 0.29) is 30.1 Å². The van der Waals surface area contributed by atoms with Gasteiger partial charge < -0.3 is 19.5 Å². The van der Waals surface area contributed by atoms with Gasteiger partial charge in [0.25, 0.3) is 0 Å². The van der Waals surface area contributed by atoms with Gasteiger partial charge in [-0.2, -0.15) is 5.26 Å². The molecule has 3 heterocycles. The predicted molar refractivity (Wildman–Crippen MR) is 95.0 cm³/mol. The minimum Gasteiger partial charge on any atom is -0.466 e. The number of nitrogens with zero attached hydrogens (tertiary/aromatic N) is 3. The maximum absolute atomic E-state index is 14.7. The van der Waals surface area contributed by atoms with Crippen LogP contribution in [0.1, 0.15) is 11.3 Å². The van der Waals surface area contributed by atoms with Crippen molar-refractivity contribution in [1.29, 1.82) is 5.26 Å². The summed E-state index contributed by atoms with van der Waals surface area (Å²) in [5.41, 5.74) is 1.60. The Morgan fingerprint density at radius 3 is 2.97 bits per heavy atom. The number of fused-ring (bicyclic) bond motifs is 2. The fourth-order valence-corrected chi connectivity index (χ4v) is 3.24. The number of hydrogen-bond acceptors (Lipinski definition) is 7. The highest BCUT2D eigenvalue weighted by atomic mass is 19.1. The molecule has 4 rings (SSSR count). The smallest absolute Gasteiger partial charge is 0.413 e. The molecule has 148 valence electrons. The number of aromatic nitrogens is 1. The third-order valence-corrected chi connectivity index (χ3v) is 4.67. The highest BCUT2D eigenvalue weighted by molar-refractivity contribution is 5.73. The number of amides is 2. The zero-order chi connectivity index (χ0) is 20.5. The molecular weight excluding hydrogens is 383 g/mol. The van der Waals surface area contributed by atoms with E-state index in [4.69, 9.17) is 14.7 Å². The van der Waals surface area contributed by atoms with Gasteiger partial charge in [-0.1, -0.05) is 0 Å². The Morgan fingerprint density at radius 2 is 2.28 bits per heavy atom. The first-order valence-electron chi connectivity index (χ1n) is 8.65. The van der Waals surface area contributed by atoms with Crippen LogP contribution in [-0.2, 0) is 16.0 Å². The van der Waals surface area contributed by atoms with Crippen molar-refractivity contribution in [1.82, 2.24) is 15.2 Å². The second-order valence-corrected chi connectivity index (χ2v) is 6.41. The first kappa shape index (κ1) is 18.5. The zero-order valence-corrected chi connectivity index (χ0v) is 15.2. The van der Waals surface area contributed by atoms with E-state index < -0.39 is 30.3 Å². The maximum atomic E-state index is 14.7. The number of cyclic esters (lactones) is 1.